The molecule has 0 aliphatic rings. The van der Waals surface area contributed by atoms with Crippen LogP contribution in [0.5, 0.6) is 0 Å². The lowest BCUT2D eigenvalue weighted by Gasteiger charge is -2.21. The molecule has 5 heteroatoms. The third-order valence-electron chi connectivity index (χ3n) is 2.54. The summed E-state index contributed by atoms with van der Waals surface area (Å²) < 4.78 is 1.74. The maximum Gasteiger partial charge on any atom is 0.157 e. The van der Waals surface area contributed by atoms with Gasteiger partial charge >= 0.3 is 0 Å². The van der Waals surface area contributed by atoms with Crippen LogP contribution in [0.25, 0.3) is 5.65 Å². The van der Waals surface area contributed by atoms with Crippen molar-refractivity contribution in [1.82, 2.24) is 14.6 Å². The Hall–Kier alpha value is -1.62. The van der Waals surface area contributed by atoms with E-state index in [0.29, 0.717) is 0 Å². The first-order valence-electron chi connectivity index (χ1n) is 5.51. The van der Waals surface area contributed by atoms with Gasteiger partial charge in [-0.05, 0) is 19.4 Å². The number of hydrogen-bond donors (Lipinski definition) is 1. The lowest BCUT2D eigenvalue weighted by atomic mass is 10.3. The van der Waals surface area contributed by atoms with Crippen molar-refractivity contribution in [2.75, 3.05) is 24.6 Å². The summed E-state index contributed by atoms with van der Waals surface area (Å²) in [5.74, 6) is 0.934. The largest absolute Gasteiger partial charge is 0.396 e. The van der Waals surface area contributed by atoms with Crippen LogP contribution < -0.4 is 4.90 Å². The van der Waals surface area contributed by atoms with E-state index in [-0.39, 0.29) is 6.61 Å². The highest BCUT2D eigenvalue weighted by molar-refractivity contribution is 5.47. The van der Waals surface area contributed by atoms with Gasteiger partial charge in [0.15, 0.2) is 5.65 Å². The van der Waals surface area contributed by atoms with E-state index in [2.05, 4.69) is 21.9 Å². The SMILES string of the molecule is CCN(CCCO)c1ccn2nccc2n1. The second-order valence-corrected chi connectivity index (χ2v) is 3.58. The van der Waals surface area contributed by atoms with Gasteiger partial charge in [0.05, 0.1) is 6.20 Å². The molecule has 0 amide bonds. The van der Waals surface area contributed by atoms with Crippen LogP contribution in [0.3, 0.4) is 0 Å². The fraction of sp³-hybridized carbons (Fsp3) is 0.455. The van der Waals surface area contributed by atoms with Crippen molar-refractivity contribution in [3.63, 3.8) is 0 Å². The van der Waals surface area contributed by atoms with Gasteiger partial charge in [0.2, 0.25) is 0 Å². The predicted molar refractivity (Wildman–Crippen MR) is 62.6 cm³/mol. The van der Waals surface area contributed by atoms with Crippen LogP contribution in [0.1, 0.15) is 13.3 Å². The molecule has 0 radical (unpaired) electrons. The number of anilines is 1. The summed E-state index contributed by atoms with van der Waals surface area (Å²) in [6, 6.07) is 3.82. The second-order valence-electron chi connectivity index (χ2n) is 3.58. The van der Waals surface area contributed by atoms with Gasteiger partial charge in [-0.3, -0.25) is 0 Å². The van der Waals surface area contributed by atoms with Crippen LogP contribution in [-0.2, 0) is 0 Å². The zero-order chi connectivity index (χ0) is 11.4. The molecule has 0 aliphatic carbocycles. The third kappa shape index (κ3) is 2.14. The van der Waals surface area contributed by atoms with Gasteiger partial charge < -0.3 is 10.0 Å². The average molecular weight is 220 g/mol. The fourth-order valence-corrected chi connectivity index (χ4v) is 1.67. The molecule has 0 spiro atoms. The first-order valence-corrected chi connectivity index (χ1v) is 5.51. The van der Waals surface area contributed by atoms with Crippen LogP contribution in [0, 0.1) is 0 Å². The Bertz CT molecular complexity index is 454. The molecule has 16 heavy (non-hydrogen) atoms. The van der Waals surface area contributed by atoms with Gasteiger partial charge in [0.1, 0.15) is 5.82 Å². The van der Waals surface area contributed by atoms with Crippen molar-refractivity contribution >= 4 is 11.5 Å². The van der Waals surface area contributed by atoms with Gasteiger partial charge in [-0.25, -0.2) is 9.50 Å². The molecule has 0 aromatic carbocycles. The van der Waals surface area contributed by atoms with Crippen molar-refractivity contribution in [2.45, 2.75) is 13.3 Å². The lowest BCUT2D eigenvalue weighted by molar-refractivity contribution is 0.289. The van der Waals surface area contributed by atoms with Gasteiger partial charge in [-0.2, -0.15) is 5.10 Å². The summed E-state index contributed by atoms with van der Waals surface area (Å²) in [5.41, 5.74) is 0.847. The molecule has 0 saturated carbocycles. The van der Waals surface area contributed by atoms with Crippen molar-refractivity contribution in [1.29, 1.82) is 0 Å². The third-order valence-corrected chi connectivity index (χ3v) is 2.54. The van der Waals surface area contributed by atoms with E-state index < -0.39 is 0 Å². The van der Waals surface area contributed by atoms with Gasteiger partial charge in [0.25, 0.3) is 0 Å². The standard InChI is InChI=1S/C11H16N4O/c1-2-14(7-3-9-16)10-5-8-15-11(13-10)4-6-12-15/h4-6,8,16H,2-3,7,9H2,1H3. The van der Waals surface area contributed by atoms with E-state index in [1.165, 1.54) is 0 Å². The molecule has 2 heterocycles. The summed E-state index contributed by atoms with van der Waals surface area (Å²) in [7, 11) is 0. The zero-order valence-electron chi connectivity index (χ0n) is 9.37. The monoisotopic (exact) mass is 220 g/mol. The molecule has 2 aromatic heterocycles. The number of hydrogen-bond acceptors (Lipinski definition) is 4. The highest BCUT2D eigenvalue weighted by atomic mass is 16.3. The van der Waals surface area contributed by atoms with E-state index in [9.17, 15) is 0 Å². The molecule has 0 fully saturated rings. The number of aliphatic hydroxyl groups excluding tert-OH is 1. The highest BCUT2D eigenvalue weighted by Crippen LogP contribution is 2.12. The normalized spacial score (nSPS) is 10.9. The maximum atomic E-state index is 8.84. The quantitative estimate of drug-likeness (QED) is 0.814. The lowest BCUT2D eigenvalue weighted by Crippen LogP contribution is -2.25. The first-order chi connectivity index (χ1) is 7.85. The van der Waals surface area contributed by atoms with Gasteiger partial charge in [-0.15, -0.1) is 0 Å². The molecule has 2 rings (SSSR count). The summed E-state index contributed by atoms with van der Waals surface area (Å²) in [6.45, 7) is 4.01. The Morgan fingerprint density at radius 3 is 3.06 bits per heavy atom. The van der Waals surface area contributed by atoms with Crippen molar-refractivity contribution in [3.8, 4) is 0 Å². The maximum absolute atomic E-state index is 8.84. The zero-order valence-corrected chi connectivity index (χ0v) is 9.37. The van der Waals surface area contributed by atoms with E-state index in [1.54, 1.807) is 10.7 Å². The van der Waals surface area contributed by atoms with Gasteiger partial charge in [0, 0.05) is 32.0 Å². The molecule has 0 bridgehead atoms. The van der Waals surface area contributed by atoms with Crippen molar-refractivity contribution in [3.05, 3.63) is 24.5 Å². The van der Waals surface area contributed by atoms with Crippen molar-refractivity contribution in [2.24, 2.45) is 0 Å². The Morgan fingerprint density at radius 1 is 1.44 bits per heavy atom. The van der Waals surface area contributed by atoms with E-state index >= 15 is 0 Å². The minimum atomic E-state index is 0.214. The van der Waals surface area contributed by atoms with Crippen molar-refractivity contribution < 1.29 is 5.11 Å². The fourth-order valence-electron chi connectivity index (χ4n) is 1.67. The Balaban J connectivity index is 2.22. The number of nitrogens with zero attached hydrogens (tertiary/aromatic N) is 4. The summed E-state index contributed by atoms with van der Waals surface area (Å²) in [6.07, 6.45) is 4.40. The van der Waals surface area contributed by atoms with E-state index in [4.69, 9.17) is 5.11 Å². The van der Waals surface area contributed by atoms with E-state index in [1.807, 2.05) is 18.3 Å². The number of rotatable bonds is 5. The Kier molecular flexibility index (Phi) is 3.36. The average Bonchev–Trinajstić information content (AvgIpc) is 2.77. The van der Waals surface area contributed by atoms with Crippen LogP contribution in [0.2, 0.25) is 0 Å². The molecule has 1 N–H and O–H groups in total. The minimum absolute atomic E-state index is 0.214. The second kappa shape index (κ2) is 4.94. The molecule has 5 nitrogen and oxygen atoms in total. The number of aliphatic hydroxyl groups is 1. The van der Waals surface area contributed by atoms with Crippen LogP contribution in [-0.4, -0.2) is 39.4 Å². The molecule has 0 saturated heterocycles. The highest BCUT2D eigenvalue weighted by Gasteiger charge is 2.06. The predicted octanol–water partition coefficient (Wildman–Crippen LogP) is 0.938. The smallest absolute Gasteiger partial charge is 0.157 e. The van der Waals surface area contributed by atoms with Crippen LogP contribution >= 0.6 is 0 Å². The van der Waals surface area contributed by atoms with Crippen LogP contribution in [0.4, 0.5) is 5.82 Å². The molecule has 0 unspecified atom stereocenters. The Labute approximate surface area is 94.3 Å². The molecule has 2 aromatic rings. The molecule has 0 aliphatic heterocycles. The number of fused-ring (bicyclic) bond motifs is 1. The summed E-state index contributed by atoms with van der Waals surface area (Å²) in [4.78, 5) is 6.65. The van der Waals surface area contributed by atoms with E-state index in [0.717, 1.165) is 31.0 Å². The number of aromatic nitrogens is 3. The first kappa shape index (κ1) is 10.9. The Morgan fingerprint density at radius 2 is 2.31 bits per heavy atom. The summed E-state index contributed by atoms with van der Waals surface area (Å²) in [5, 5.41) is 12.9. The minimum Gasteiger partial charge on any atom is -0.396 e. The molecular formula is C11H16N4O. The van der Waals surface area contributed by atoms with Crippen LogP contribution in [0.15, 0.2) is 24.5 Å². The topological polar surface area (TPSA) is 53.7 Å². The molecular weight excluding hydrogens is 204 g/mol. The molecule has 86 valence electrons. The molecule has 0 atom stereocenters. The summed E-state index contributed by atoms with van der Waals surface area (Å²) >= 11 is 0. The van der Waals surface area contributed by atoms with Gasteiger partial charge in [-0.1, -0.05) is 0 Å².